The Balaban J connectivity index is 2.85. The van der Waals surface area contributed by atoms with E-state index in [1.165, 1.54) is 0 Å². The molecule has 1 heterocycles. The Kier molecular flexibility index (Phi) is 4.78. The molecule has 0 unspecified atom stereocenters. The number of H-pyrrole nitrogens is 2. The van der Waals surface area contributed by atoms with Crippen LogP contribution in [-0.2, 0) is 9.59 Å². The lowest BCUT2D eigenvalue weighted by Gasteiger charge is -2.13. The third-order valence-corrected chi connectivity index (χ3v) is 2.26. The zero-order valence-corrected chi connectivity index (χ0v) is 10.0. The Morgan fingerprint density at radius 3 is 2.35 bits per heavy atom. The van der Waals surface area contributed by atoms with Gasteiger partial charge in [0.2, 0.25) is 0 Å². The van der Waals surface area contributed by atoms with E-state index in [2.05, 4.69) is 0 Å². The minimum Gasteiger partial charge on any atom is -0.481 e. The molecule has 0 fully saturated rings. The van der Waals surface area contributed by atoms with E-state index < -0.39 is 47.3 Å². The molecule has 1 aromatic heterocycles. The molecule has 10 heteroatoms. The van der Waals surface area contributed by atoms with Gasteiger partial charge in [0.1, 0.15) is 11.7 Å². The number of hydrogen-bond acceptors (Lipinski definition) is 5. The Morgan fingerprint density at radius 2 is 1.85 bits per heavy atom. The van der Waals surface area contributed by atoms with Crippen molar-refractivity contribution in [1.82, 2.24) is 15.3 Å². The van der Waals surface area contributed by atoms with Gasteiger partial charge >= 0.3 is 17.6 Å². The van der Waals surface area contributed by atoms with Crippen molar-refractivity contribution < 1.29 is 24.6 Å². The molecule has 1 rings (SSSR count). The van der Waals surface area contributed by atoms with Crippen LogP contribution in [0.5, 0.6) is 0 Å². The monoisotopic (exact) mass is 285 g/mol. The molecule has 1 aromatic rings. The van der Waals surface area contributed by atoms with Crippen molar-refractivity contribution in [3.05, 3.63) is 32.6 Å². The maximum absolute atomic E-state index is 11.7. The van der Waals surface area contributed by atoms with E-state index in [0.717, 1.165) is 6.07 Å². The summed E-state index contributed by atoms with van der Waals surface area (Å²) in [6.07, 6.45) is -0.785. The highest BCUT2D eigenvalue weighted by molar-refractivity contribution is 5.94. The summed E-state index contributed by atoms with van der Waals surface area (Å²) in [6.45, 7) is 0. The Labute approximate surface area is 110 Å². The number of amides is 1. The smallest absolute Gasteiger partial charge is 0.326 e. The van der Waals surface area contributed by atoms with Crippen molar-refractivity contribution in [2.75, 3.05) is 0 Å². The molecule has 0 saturated carbocycles. The molecule has 10 nitrogen and oxygen atoms in total. The molecule has 0 aliphatic rings. The topological polar surface area (TPSA) is 169 Å². The molecule has 1 amide bonds. The van der Waals surface area contributed by atoms with Gasteiger partial charge in [-0.25, -0.2) is 9.59 Å². The number of rotatable bonds is 6. The Bertz CT molecular complexity index is 616. The van der Waals surface area contributed by atoms with Crippen LogP contribution in [0.1, 0.15) is 23.3 Å². The normalized spacial score (nSPS) is 11.6. The summed E-state index contributed by atoms with van der Waals surface area (Å²) in [6, 6.07) is -0.659. The maximum Gasteiger partial charge on any atom is 0.326 e. The average molecular weight is 285 g/mol. The first-order valence-corrected chi connectivity index (χ1v) is 5.38. The predicted octanol–water partition coefficient (Wildman–Crippen LogP) is -1.89. The first-order valence-electron chi connectivity index (χ1n) is 5.38. The molecule has 0 aliphatic carbocycles. The molecule has 0 radical (unpaired) electrons. The lowest BCUT2D eigenvalue weighted by atomic mass is 10.1. The van der Waals surface area contributed by atoms with Crippen molar-refractivity contribution in [1.29, 1.82) is 0 Å². The molecular formula is C10H11N3O7. The number of carbonyl (C=O) groups excluding carboxylic acids is 1. The maximum atomic E-state index is 11.7. The van der Waals surface area contributed by atoms with E-state index in [-0.39, 0.29) is 6.42 Å². The molecule has 0 saturated heterocycles. The van der Waals surface area contributed by atoms with Gasteiger partial charge in [-0.2, -0.15) is 0 Å². The van der Waals surface area contributed by atoms with Crippen molar-refractivity contribution >= 4 is 17.8 Å². The number of aromatic amines is 2. The van der Waals surface area contributed by atoms with Gasteiger partial charge in [0, 0.05) is 12.5 Å². The summed E-state index contributed by atoms with van der Waals surface area (Å²) in [5.41, 5.74) is -2.16. The Hall–Kier alpha value is -2.91. The first-order chi connectivity index (χ1) is 9.29. The van der Waals surface area contributed by atoms with Gasteiger partial charge in [0.25, 0.3) is 11.5 Å². The molecule has 0 aromatic carbocycles. The van der Waals surface area contributed by atoms with E-state index >= 15 is 0 Å². The van der Waals surface area contributed by atoms with Gasteiger partial charge in [0.05, 0.1) is 0 Å². The number of aliphatic carboxylic acids is 2. The summed E-state index contributed by atoms with van der Waals surface area (Å²) in [7, 11) is 0. The lowest BCUT2D eigenvalue weighted by molar-refractivity contribution is -0.140. The number of carboxylic acid groups (broad SMARTS) is 2. The fourth-order valence-corrected chi connectivity index (χ4v) is 1.35. The highest BCUT2D eigenvalue weighted by atomic mass is 16.4. The second-order valence-corrected chi connectivity index (χ2v) is 3.80. The third kappa shape index (κ3) is 4.40. The molecular weight excluding hydrogens is 274 g/mol. The van der Waals surface area contributed by atoms with Crippen LogP contribution in [0.3, 0.4) is 0 Å². The van der Waals surface area contributed by atoms with Gasteiger partial charge in [-0.3, -0.25) is 19.4 Å². The molecule has 0 spiro atoms. The highest BCUT2D eigenvalue weighted by Gasteiger charge is 2.22. The van der Waals surface area contributed by atoms with Gasteiger partial charge in [-0.05, 0) is 6.42 Å². The predicted molar refractivity (Wildman–Crippen MR) is 63.4 cm³/mol. The second-order valence-electron chi connectivity index (χ2n) is 3.80. The molecule has 1 atom stereocenters. The third-order valence-electron chi connectivity index (χ3n) is 2.26. The first kappa shape index (κ1) is 15.1. The summed E-state index contributed by atoms with van der Waals surface area (Å²) < 4.78 is 0. The number of nitrogens with one attached hydrogen (secondary N) is 3. The lowest BCUT2D eigenvalue weighted by Crippen LogP contribution is -2.42. The summed E-state index contributed by atoms with van der Waals surface area (Å²) >= 11 is 0. The minimum atomic E-state index is -1.44. The number of carbonyl (C=O) groups is 3. The molecule has 20 heavy (non-hydrogen) atoms. The zero-order chi connectivity index (χ0) is 15.3. The van der Waals surface area contributed by atoms with Crippen LogP contribution in [0, 0.1) is 0 Å². The van der Waals surface area contributed by atoms with Crippen LogP contribution in [-0.4, -0.2) is 44.1 Å². The number of aromatic nitrogens is 2. The number of carboxylic acids is 2. The number of hydrogen-bond donors (Lipinski definition) is 5. The van der Waals surface area contributed by atoms with E-state index in [1.54, 1.807) is 0 Å². The van der Waals surface area contributed by atoms with Gasteiger partial charge in [-0.1, -0.05) is 0 Å². The van der Waals surface area contributed by atoms with E-state index in [4.69, 9.17) is 10.2 Å². The summed E-state index contributed by atoms with van der Waals surface area (Å²) in [4.78, 5) is 58.7. The average Bonchev–Trinajstić information content (AvgIpc) is 2.32. The van der Waals surface area contributed by atoms with Crippen LogP contribution < -0.4 is 16.6 Å². The fraction of sp³-hybridized carbons (Fsp3) is 0.300. The molecule has 0 aliphatic heterocycles. The standard InChI is InChI=1S/C10H11N3O7/c14-6-3-5(12-10(20)13-6)8(17)11-4(9(18)19)1-2-7(15)16/h3-4H,1-2H2,(H,11,17)(H,15,16)(H,18,19)(H2,12,13,14,20)/t4-/m0/s1. The van der Waals surface area contributed by atoms with Crippen LogP contribution in [0.25, 0.3) is 0 Å². The van der Waals surface area contributed by atoms with Crippen molar-refractivity contribution in [2.45, 2.75) is 18.9 Å². The van der Waals surface area contributed by atoms with Gasteiger partial charge in [0.15, 0.2) is 0 Å². The summed E-state index contributed by atoms with van der Waals surface area (Å²) in [5, 5.41) is 19.3. The van der Waals surface area contributed by atoms with Crippen molar-refractivity contribution in [3.63, 3.8) is 0 Å². The highest BCUT2D eigenvalue weighted by Crippen LogP contribution is 1.99. The van der Waals surface area contributed by atoms with Crippen molar-refractivity contribution in [2.24, 2.45) is 0 Å². The largest absolute Gasteiger partial charge is 0.481 e. The van der Waals surface area contributed by atoms with Crippen LogP contribution in [0.4, 0.5) is 0 Å². The zero-order valence-electron chi connectivity index (χ0n) is 10.0. The van der Waals surface area contributed by atoms with Crippen LogP contribution in [0.15, 0.2) is 15.7 Å². The summed E-state index contributed by atoms with van der Waals surface area (Å²) in [5.74, 6) is -3.63. The quantitative estimate of drug-likeness (QED) is 0.406. The Morgan fingerprint density at radius 1 is 1.20 bits per heavy atom. The van der Waals surface area contributed by atoms with Crippen LogP contribution in [0.2, 0.25) is 0 Å². The fourth-order valence-electron chi connectivity index (χ4n) is 1.35. The molecule has 108 valence electrons. The van der Waals surface area contributed by atoms with Crippen LogP contribution >= 0.6 is 0 Å². The van der Waals surface area contributed by atoms with Gasteiger partial charge in [-0.15, -0.1) is 0 Å². The minimum absolute atomic E-state index is 0.330. The van der Waals surface area contributed by atoms with E-state index in [9.17, 15) is 24.0 Å². The second kappa shape index (κ2) is 6.31. The SMILES string of the molecule is O=C(O)CC[C@H](NC(=O)c1cc(=O)[nH]c(=O)[nH]1)C(=O)O. The van der Waals surface area contributed by atoms with Gasteiger partial charge < -0.3 is 20.5 Å². The molecule has 0 bridgehead atoms. The molecule has 5 N–H and O–H groups in total. The van der Waals surface area contributed by atoms with E-state index in [1.807, 2.05) is 15.3 Å². The van der Waals surface area contributed by atoms with E-state index in [0.29, 0.717) is 0 Å². The van der Waals surface area contributed by atoms with Crippen molar-refractivity contribution in [3.8, 4) is 0 Å².